The lowest BCUT2D eigenvalue weighted by molar-refractivity contribution is 0.0907. The average Bonchev–Trinajstić information content (AvgIpc) is 3.04. The molecule has 0 amide bonds. The molecule has 1 heterocycles. The van der Waals surface area contributed by atoms with Crippen LogP contribution in [-0.4, -0.2) is 43.1 Å². The van der Waals surface area contributed by atoms with Crippen molar-refractivity contribution in [1.29, 1.82) is 0 Å². The quantitative estimate of drug-likeness (QED) is 0.634. The van der Waals surface area contributed by atoms with Crippen LogP contribution in [0.2, 0.25) is 0 Å². The molecule has 0 N–H and O–H groups in total. The highest BCUT2D eigenvalue weighted by Crippen LogP contribution is 2.43. The fraction of sp³-hybridized carbons (Fsp3) is 0.458. The average molecular weight is 429 g/mol. The van der Waals surface area contributed by atoms with Crippen LogP contribution >= 0.6 is 9.24 Å². The monoisotopic (exact) mass is 429 g/mol. The summed E-state index contributed by atoms with van der Waals surface area (Å²) >= 11 is 0. The van der Waals surface area contributed by atoms with Gasteiger partial charge in [0.05, 0.1) is 14.2 Å². The topological polar surface area (TPSA) is 38.8 Å². The van der Waals surface area contributed by atoms with Crippen LogP contribution in [-0.2, 0) is 13.0 Å². The van der Waals surface area contributed by atoms with Gasteiger partial charge in [0.2, 0.25) is 0 Å². The number of halogens is 1. The molecule has 1 fully saturated rings. The number of hydrogen-bond donors (Lipinski definition) is 0. The van der Waals surface area contributed by atoms with Crippen LogP contribution in [0.4, 0.5) is 4.39 Å². The Hall–Kier alpha value is -1.97. The van der Waals surface area contributed by atoms with Gasteiger partial charge < -0.3 is 9.47 Å². The molecule has 4 nitrogen and oxygen atoms in total. The summed E-state index contributed by atoms with van der Waals surface area (Å²) < 4.78 is 24.7. The zero-order chi connectivity index (χ0) is 21.3. The van der Waals surface area contributed by atoms with Crippen LogP contribution in [0, 0.1) is 11.7 Å². The first kappa shape index (κ1) is 21.3. The van der Waals surface area contributed by atoms with Gasteiger partial charge in [-0.2, -0.15) is 0 Å². The maximum atomic E-state index is 14.0. The van der Waals surface area contributed by atoms with Crippen LogP contribution in [0.5, 0.6) is 11.5 Å². The van der Waals surface area contributed by atoms with Crippen LogP contribution in [0.3, 0.4) is 0 Å². The standard InChI is InChI=1S/C24H29FNO3P/c1-28-21-12-17-11-18(23(27)19(17)13-22(21)29-2)14-24(30)7-9-26(10-8-24)15-16-5-3-4-6-20(16)25/h3-6,12-13,18H,7-11,14-15,30H2,1-2H3. The SMILES string of the molecule is COc1cc2c(cc1OC)C(=O)C(CC1(P)CCN(Cc3ccccc3F)CC1)C2. The number of carbonyl (C=O) groups is 1. The van der Waals surface area contributed by atoms with Crippen molar-refractivity contribution in [2.24, 2.45) is 5.92 Å². The summed E-state index contributed by atoms with van der Waals surface area (Å²) in [6.07, 6.45) is 3.57. The highest BCUT2D eigenvalue weighted by atomic mass is 31.0. The van der Waals surface area contributed by atoms with Gasteiger partial charge >= 0.3 is 0 Å². The Balaban J connectivity index is 1.39. The molecular formula is C24H29FNO3P. The van der Waals surface area contributed by atoms with Crippen molar-refractivity contribution in [2.45, 2.75) is 37.4 Å². The van der Waals surface area contributed by atoms with Gasteiger partial charge in [-0.05, 0) is 67.7 Å². The third-order valence-electron chi connectivity index (χ3n) is 6.57. The molecule has 0 saturated carbocycles. The molecule has 1 aliphatic carbocycles. The second-order valence-corrected chi connectivity index (χ2v) is 9.79. The van der Waals surface area contributed by atoms with Gasteiger partial charge in [0, 0.05) is 23.6 Å². The number of nitrogens with zero attached hydrogens (tertiary/aromatic N) is 1. The molecule has 0 radical (unpaired) electrons. The molecule has 2 aliphatic rings. The fourth-order valence-electron chi connectivity index (χ4n) is 4.78. The van der Waals surface area contributed by atoms with E-state index in [9.17, 15) is 9.18 Å². The number of hydrogen-bond acceptors (Lipinski definition) is 4. The number of carbonyl (C=O) groups excluding carboxylic acids is 1. The lowest BCUT2D eigenvalue weighted by Crippen LogP contribution is -2.42. The molecule has 6 heteroatoms. The third kappa shape index (κ3) is 4.24. The van der Waals surface area contributed by atoms with Gasteiger partial charge in [-0.15, -0.1) is 9.24 Å². The molecule has 0 spiro atoms. The van der Waals surface area contributed by atoms with E-state index in [2.05, 4.69) is 14.1 Å². The number of methoxy groups -OCH3 is 2. The number of rotatable bonds is 6. The molecule has 1 aliphatic heterocycles. The minimum absolute atomic E-state index is 0.00701. The van der Waals surface area contributed by atoms with Gasteiger partial charge in [0.25, 0.3) is 0 Å². The van der Waals surface area contributed by atoms with E-state index in [1.165, 1.54) is 6.07 Å². The van der Waals surface area contributed by atoms with Crippen molar-refractivity contribution in [1.82, 2.24) is 4.90 Å². The van der Waals surface area contributed by atoms with Crippen molar-refractivity contribution in [3.8, 4) is 11.5 Å². The molecule has 0 bridgehead atoms. The summed E-state index contributed by atoms with van der Waals surface area (Å²) in [7, 11) is 6.24. The van der Waals surface area contributed by atoms with Crippen LogP contribution in [0.25, 0.3) is 0 Å². The van der Waals surface area contributed by atoms with Crippen molar-refractivity contribution in [2.75, 3.05) is 27.3 Å². The summed E-state index contributed by atoms with van der Waals surface area (Å²) in [5, 5.41) is 0.0439. The molecule has 2 aromatic carbocycles. The molecule has 2 aromatic rings. The van der Waals surface area contributed by atoms with Gasteiger partial charge in [-0.25, -0.2) is 4.39 Å². The first-order valence-electron chi connectivity index (χ1n) is 10.5. The Morgan fingerprint density at radius 3 is 2.47 bits per heavy atom. The largest absolute Gasteiger partial charge is 0.493 e. The van der Waals surface area contributed by atoms with Crippen molar-refractivity contribution < 1.29 is 18.7 Å². The lowest BCUT2D eigenvalue weighted by Gasteiger charge is -2.40. The Morgan fingerprint density at radius 1 is 1.13 bits per heavy atom. The highest BCUT2D eigenvalue weighted by molar-refractivity contribution is 7.19. The second-order valence-electron chi connectivity index (χ2n) is 8.56. The third-order valence-corrected chi connectivity index (χ3v) is 7.38. The number of likely N-dealkylation sites (tertiary alicyclic amines) is 1. The van der Waals surface area contributed by atoms with Crippen LogP contribution < -0.4 is 9.47 Å². The maximum absolute atomic E-state index is 14.0. The van der Waals surface area contributed by atoms with E-state index in [0.29, 0.717) is 18.0 Å². The van der Waals surface area contributed by atoms with E-state index in [-0.39, 0.29) is 22.7 Å². The Morgan fingerprint density at radius 2 is 1.80 bits per heavy atom. The summed E-state index contributed by atoms with van der Waals surface area (Å²) in [5.74, 6) is 1.34. The number of Topliss-reactive ketones (excluding diaryl/α,β-unsaturated/α-hetero) is 1. The smallest absolute Gasteiger partial charge is 0.166 e. The molecule has 2 atom stereocenters. The lowest BCUT2D eigenvalue weighted by atomic mass is 9.84. The number of piperidine rings is 1. The predicted octanol–water partition coefficient (Wildman–Crippen LogP) is 4.50. The number of fused-ring (bicyclic) bond motifs is 1. The Kier molecular flexibility index (Phi) is 6.13. The van der Waals surface area contributed by atoms with Gasteiger partial charge in [-0.3, -0.25) is 9.69 Å². The molecule has 160 valence electrons. The van der Waals surface area contributed by atoms with E-state index in [4.69, 9.17) is 9.47 Å². The van der Waals surface area contributed by atoms with Crippen molar-refractivity contribution >= 4 is 15.0 Å². The van der Waals surface area contributed by atoms with Crippen LogP contribution in [0.15, 0.2) is 36.4 Å². The Bertz CT molecular complexity index is 940. The maximum Gasteiger partial charge on any atom is 0.166 e. The minimum Gasteiger partial charge on any atom is -0.493 e. The van der Waals surface area contributed by atoms with Crippen LogP contribution in [0.1, 0.15) is 40.7 Å². The first-order chi connectivity index (χ1) is 14.4. The van der Waals surface area contributed by atoms with E-state index in [1.807, 2.05) is 24.3 Å². The second kappa shape index (κ2) is 8.64. The van der Waals surface area contributed by atoms with Gasteiger partial charge in [-0.1, -0.05) is 18.2 Å². The molecule has 4 rings (SSSR count). The van der Waals surface area contributed by atoms with Gasteiger partial charge in [0.15, 0.2) is 17.3 Å². The van der Waals surface area contributed by atoms with Crippen molar-refractivity contribution in [3.63, 3.8) is 0 Å². The highest BCUT2D eigenvalue weighted by Gasteiger charge is 2.39. The molecular weight excluding hydrogens is 400 g/mol. The fourth-order valence-corrected chi connectivity index (χ4v) is 5.32. The van der Waals surface area contributed by atoms with E-state index >= 15 is 0 Å². The van der Waals surface area contributed by atoms with E-state index < -0.39 is 0 Å². The normalized spacial score (nSPS) is 20.8. The summed E-state index contributed by atoms with van der Waals surface area (Å²) in [5.41, 5.74) is 2.56. The minimum atomic E-state index is -0.139. The molecule has 1 saturated heterocycles. The van der Waals surface area contributed by atoms with E-state index in [0.717, 1.165) is 55.5 Å². The molecule has 30 heavy (non-hydrogen) atoms. The molecule has 2 unspecified atom stereocenters. The van der Waals surface area contributed by atoms with Crippen molar-refractivity contribution in [3.05, 3.63) is 58.9 Å². The number of benzene rings is 2. The first-order valence-corrected chi connectivity index (χ1v) is 11.0. The summed E-state index contributed by atoms with van der Waals surface area (Å²) in [4.78, 5) is 15.4. The predicted molar refractivity (Wildman–Crippen MR) is 119 cm³/mol. The number of ether oxygens (including phenoxy) is 2. The number of ketones is 1. The van der Waals surface area contributed by atoms with Gasteiger partial charge in [0.1, 0.15) is 5.82 Å². The molecule has 0 aromatic heterocycles. The zero-order valence-electron chi connectivity index (χ0n) is 17.6. The summed E-state index contributed by atoms with van der Waals surface area (Å²) in [6.45, 7) is 2.46. The Labute approximate surface area is 180 Å². The zero-order valence-corrected chi connectivity index (χ0v) is 18.8. The summed E-state index contributed by atoms with van der Waals surface area (Å²) in [6, 6.07) is 10.8. The van der Waals surface area contributed by atoms with E-state index in [1.54, 1.807) is 20.3 Å².